The molecule has 27 heavy (non-hydrogen) atoms. The predicted octanol–water partition coefficient (Wildman–Crippen LogP) is 3.64. The number of amides is 2. The third-order valence-electron chi connectivity index (χ3n) is 4.46. The second-order valence-corrected chi connectivity index (χ2v) is 7.20. The van der Waals surface area contributed by atoms with E-state index < -0.39 is 0 Å². The summed E-state index contributed by atoms with van der Waals surface area (Å²) < 4.78 is 3.75. The van der Waals surface area contributed by atoms with Gasteiger partial charge < -0.3 is 10.2 Å². The third kappa shape index (κ3) is 3.70. The number of fused-ring (bicyclic) bond motifs is 1. The van der Waals surface area contributed by atoms with Crippen molar-refractivity contribution in [3.05, 3.63) is 75.3 Å². The number of anilines is 1. The fraction of sp³-hybridized carbons (Fsp3) is 0.158. The summed E-state index contributed by atoms with van der Waals surface area (Å²) in [6, 6.07) is 12.7. The molecule has 0 radical (unpaired) electrons. The van der Waals surface area contributed by atoms with Crippen molar-refractivity contribution < 1.29 is 9.59 Å². The van der Waals surface area contributed by atoms with Gasteiger partial charge in [0, 0.05) is 24.2 Å². The van der Waals surface area contributed by atoms with E-state index >= 15 is 0 Å². The van der Waals surface area contributed by atoms with E-state index in [1.165, 1.54) is 5.56 Å². The minimum Gasteiger partial charge on any atom is -0.333 e. The number of halogens is 1. The minimum absolute atomic E-state index is 0.125. The van der Waals surface area contributed by atoms with Crippen LogP contribution in [0.4, 0.5) is 5.69 Å². The largest absolute Gasteiger partial charge is 0.333 e. The Balaban J connectivity index is 1.52. The highest BCUT2D eigenvalue weighted by Gasteiger charge is 2.23. The Hall–Kier alpha value is -2.77. The van der Waals surface area contributed by atoms with Gasteiger partial charge in [0.05, 0.1) is 10.6 Å². The molecule has 8 heteroatoms. The van der Waals surface area contributed by atoms with Gasteiger partial charge >= 0.3 is 0 Å². The summed E-state index contributed by atoms with van der Waals surface area (Å²) in [5.41, 5.74) is 3.64. The molecule has 0 bridgehead atoms. The van der Waals surface area contributed by atoms with Gasteiger partial charge in [0.2, 0.25) is 0 Å². The van der Waals surface area contributed by atoms with Crippen LogP contribution in [0.3, 0.4) is 0 Å². The highest BCUT2D eigenvalue weighted by molar-refractivity contribution is 7.03. The Labute approximate surface area is 164 Å². The van der Waals surface area contributed by atoms with Crippen LogP contribution in [0.1, 0.15) is 32.0 Å². The molecule has 0 saturated heterocycles. The summed E-state index contributed by atoms with van der Waals surface area (Å²) in [7, 11) is 0. The molecule has 0 aliphatic carbocycles. The molecule has 1 aliphatic rings. The molecule has 0 saturated carbocycles. The number of carbonyl (C=O) groups excluding carboxylic acids is 2. The molecule has 0 fully saturated rings. The van der Waals surface area contributed by atoms with E-state index in [-0.39, 0.29) is 11.8 Å². The van der Waals surface area contributed by atoms with Gasteiger partial charge in [-0.2, -0.15) is 0 Å². The molecule has 2 aromatic carbocycles. The lowest BCUT2D eigenvalue weighted by Crippen LogP contribution is -2.36. The van der Waals surface area contributed by atoms with Crippen molar-refractivity contribution in [1.29, 1.82) is 0 Å². The normalized spacial score (nSPS) is 13.1. The Morgan fingerprint density at radius 2 is 2.00 bits per heavy atom. The van der Waals surface area contributed by atoms with Gasteiger partial charge in [0.15, 0.2) is 5.69 Å². The van der Waals surface area contributed by atoms with Crippen LogP contribution in [0.5, 0.6) is 0 Å². The van der Waals surface area contributed by atoms with E-state index in [1.54, 1.807) is 34.5 Å². The van der Waals surface area contributed by atoms with Crippen LogP contribution in [-0.4, -0.2) is 32.8 Å². The average Bonchev–Trinajstić information content (AvgIpc) is 3.22. The van der Waals surface area contributed by atoms with E-state index in [4.69, 9.17) is 11.6 Å². The first-order valence-electron chi connectivity index (χ1n) is 8.36. The molecule has 1 aromatic heterocycles. The summed E-state index contributed by atoms with van der Waals surface area (Å²) in [6.07, 6.45) is 0.761. The first kappa shape index (κ1) is 17.6. The van der Waals surface area contributed by atoms with Crippen molar-refractivity contribution in [2.24, 2.45) is 0 Å². The smallest absolute Gasteiger partial charge is 0.275 e. The summed E-state index contributed by atoms with van der Waals surface area (Å²) >= 11 is 7.25. The van der Waals surface area contributed by atoms with E-state index in [9.17, 15) is 9.59 Å². The SMILES string of the molecule is O=C(Nc1ccc2c(c1)CN(C(=O)c1csnn1)CC2)c1ccccc1Cl. The molecule has 2 amide bonds. The highest BCUT2D eigenvalue weighted by Crippen LogP contribution is 2.25. The lowest BCUT2D eigenvalue weighted by Gasteiger charge is -2.28. The van der Waals surface area contributed by atoms with Crippen molar-refractivity contribution in [3.8, 4) is 0 Å². The second kappa shape index (κ2) is 7.46. The number of hydrogen-bond acceptors (Lipinski definition) is 5. The van der Waals surface area contributed by atoms with E-state index in [2.05, 4.69) is 14.9 Å². The Kier molecular flexibility index (Phi) is 4.87. The zero-order valence-corrected chi connectivity index (χ0v) is 15.8. The van der Waals surface area contributed by atoms with Gasteiger partial charge in [0.1, 0.15) is 0 Å². The van der Waals surface area contributed by atoms with Gasteiger partial charge in [0.25, 0.3) is 11.8 Å². The fourth-order valence-electron chi connectivity index (χ4n) is 3.07. The molecular weight excluding hydrogens is 384 g/mol. The number of nitrogens with zero attached hydrogens (tertiary/aromatic N) is 3. The van der Waals surface area contributed by atoms with Crippen LogP contribution in [0, 0.1) is 0 Å². The molecule has 2 heterocycles. The van der Waals surface area contributed by atoms with Gasteiger partial charge in [-0.1, -0.05) is 34.3 Å². The highest BCUT2D eigenvalue weighted by atomic mass is 35.5. The number of rotatable bonds is 3. The fourth-order valence-corrected chi connectivity index (χ4v) is 3.72. The predicted molar refractivity (Wildman–Crippen MR) is 104 cm³/mol. The maximum Gasteiger partial charge on any atom is 0.275 e. The Morgan fingerprint density at radius 3 is 2.78 bits per heavy atom. The first-order valence-corrected chi connectivity index (χ1v) is 9.57. The van der Waals surface area contributed by atoms with Crippen LogP contribution in [-0.2, 0) is 13.0 Å². The average molecular weight is 399 g/mol. The van der Waals surface area contributed by atoms with Crippen molar-refractivity contribution in [1.82, 2.24) is 14.5 Å². The number of carbonyl (C=O) groups is 2. The number of hydrogen-bond donors (Lipinski definition) is 1. The molecule has 1 N–H and O–H groups in total. The molecule has 1 aliphatic heterocycles. The van der Waals surface area contributed by atoms with E-state index in [1.807, 2.05) is 18.2 Å². The maximum atomic E-state index is 12.5. The minimum atomic E-state index is -0.266. The van der Waals surface area contributed by atoms with Crippen LogP contribution in [0.15, 0.2) is 47.8 Å². The standard InChI is InChI=1S/C19H15ClN4O2S/c20-16-4-2-1-3-15(16)18(25)21-14-6-5-12-7-8-24(10-13(12)9-14)19(26)17-11-27-23-22-17/h1-6,9,11H,7-8,10H2,(H,21,25). The lowest BCUT2D eigenvalue weighted by atomic mass is 9.98. The lowest BCUT2D eigenvalue weighted by molar-refractivity contribution is 0.0728. The number of aromatic nitrogens is 2. The maximum absolute atomic E-state index is 12.5. The second-order valence-electron chi connectivity index (χ2n) is 6.18. The van der Waals surface area contributed by atoms with Crippen molar-refractivity contribution in [2.75, 3.05) is 11.9 Å². The van der Waals surface area contributed by atoms with Gasteiger partial charge in [-0.05, 0) is 53.3 Å². The summed E-state index contributed by atoms with van der Waals surface area (Å²) in [4.78, 5) is 26.7. The molecule has 4 rings (SSSR count). The van der Waals surface area contributed by atoms with E-state index in [0.717, 1.165) is 23.5 Å². The van der Waals surface area contributed by atoms with Crippen molar-refractivity contribution in [2.45, 2.75) is 13.0 Å². The Morgan fingerprint density at radius 1 is 1.15 bits per heavy atom. The van der Waals surface area contributed by atoms with Crippen LogP contribution in [0.25, 0.3) is 0 Å². The molecular formula is C19H15ClN4O2S. The zero-order chi connectivity index (χ0) is 18.8. The Bertz CT molecular complexity index is 1010. The summed E-state index contributed by atoms with van der Waals surface area (Å²) in [5.74, 6) is -0.391. The van der Waals surface area contributed by atoms with Gasteiger partial charge in [-0.25, -0.2) is 0 Å². The number of nitrogens with one attached hydrogen (secondary N) is 1. The third-order valence-corrected chi connectivity index (χ3v) is 5.30. The van der Waals surface area contributed by atoms with Gasteiger partial charge in [-0.15, -0.1) is 5.10 Å². The van der Waals surface area contributed by atoms with E-state index in [0.29, 0.717) is 35.1 Å². The van der Waals surface area contributed by atoms with Crippen LogP contribution >= 0.6 is 23.1 Å². The molecule has 0 unspecified atom stereocenters. The monoisotopic (exact) mass is 398 g/mol. The summed E-state index contributed by atoms with van der Waals surface area (Å²) in [5, 5.41) is 8.78. The quantitative estimate of drug-likeness (QED) is 0.730. The first-order chi connectivity index (χ1) is 13.1. The van der Waals surface area contributed by atoms with Crippen molar-refractivity contribution in [3.63, 3.8) is 0 Å². The van der Waals surface area contributed by atoms with Crippen LogP contribution < -0.4 is 5.32 Å². The van der Waals surface area contributed by atoms with Gasteiger partial charge in [-0.3, -0.25) is 9.59 Å². The molecule has 136 valence electrons. The van der Waals surface area contributed by atoms with Crippen LogP contribution in [0.2, 0.25) is 5.02 Å². The zero-order valence-electron chi connectivity index (χ0n) is 14.2. The van der Waals surface area contributed by atoms with Crippen molar-refractivity contribution >= 4 is 40.6 Å². The summed E-state index contributed by atoms with van der Waals surface area (Å²) in [6.45, 7) is 1.11. The molecule has 6 nitrogen and oxygen atoms in total. The number of benzene rings is 2. The molecule has 3 aromatic rings. The molecule has 0 spiro atoms. The molecule has 0 atom stereocenters. The topological polar surface area (TPSA) is 75.2 Å².